The average molecular weight is 317 g/mol. The number of hydrogen-bond donors (Lipinski definition) is 1. The molecule has 21 heavy (non-hydrogen) atoms. The highest BCUT2D eigenvalue weighted by atomic mass is 32.2. The Hall–Kier alpha value is -1.15. The van der Waals surface area contributed by atoms with Crippen LogP contribution in [-0.2, 0) is 19.5 Å². The molecule has 0 fully saturated rings. The third kappa shape index (κ3) is 6.43. The maximum atomic E-state index is 12.0. The lowest BCUT2D eigenvalue weighted by Crippen LogP contribution is -2.29. The summed E-state index contributed by atoms with van der Waals surface area (Å²) in [6, 6.07) is 6.98. The van der Waals surface area contributed by atoms with Gasteiger partial charge in [-0.2, -0.15) is 0 Å². The standard InChI is InChI=1S/C14H23NO5S/c1-12(13-7-4-5-8-14(13)19-3)15-21(16,17)10-6-9-20-11-18-2/h4-5,7-8,12,15H,6,9-11H2,1-3H3/t12-/m1/s1. The zero-order valence-electron chi connectivity index (χ0n) is 12.7. The van der Waals surface area contributed by atoms with Gasteiger partial charge in [0.25, 0.3) is 0 Å². The third-order valence-electron chi connectivity index (χ3n) is 2.86. The van der Waals surface area contributed by atoms with Crippen molar-refractivity contribution in [3.63, 3.8) is 0 Å². The van der Waals surface area contributed by atoms with Crippen molar-refractivity contribution < 1.29 is 22.6 Å². The van der Waals surface area contributed by atoms with Crippen LogP contribution in [0.3, 0.4) is 0 Å². The molecule has 0 saturated carbocycles. The molecule has 0 unspecified atom stereocenters. The first-order valence-electron chi connectivity index (χ1n) is 6.69. The first kappa shape index (κ1) is 17.9. The number of sulfonamides is 1. The Morgan fingerprint density at radius 2 is 1.95 bits per heavy atom. The SMILES string of the molecule is COCOCCCS(=O)(=O)N[C@H](C)c1ccccc1OC. The average Bonchev–Trinajstić information content (AvgIpc) is 2.46. The van der Waals surface area contributed by atoms with Gasteiger partial charge in [-0.3, -0.25) is 0 Å². The summed E-state index contributed by atoms with van der Waals surface area (Å²) in [5.41, 5.74) is 0.805. The molecule has 0 aromatic heterocycles. The second-order valence-corrected chi connectivity index (χ2v) is 6.44. The van der Waals surface area contributed by atoms with E-state index in [0.717, 1.165) is 5.56 Å². The van der Waals surface area contributed by atoms with Gasteiger partial charge in [0.2, 0.25) is 10.0 Å². The van der Waals surface area contributed by atoms with Gasteiger partial charge in [0.05, 0.1) is 19.5 Å². The Bertz CT molecular complexity index is 518. The molecule has 0 aliphatic heterocycles. The first-order chi connectivity index (χ1) is 10.00. The van der Waals surface area contributed by atoms with Gasteiger partial charge in [0.1, 0.15) is 12.5 Å². The largest absolute Gasteiger partial charge is 0.496 e. The molecular formula is C14H23NO5S. The van der Waals surface area contributed by atoms with Crippen LogP contribution < -0.4 is 9.46 Å². The highest BCUT2D eigenvalue weighted by molar-refractivity contribution is 7.89. The molecule has 1 rings (SSSR count). The molecule has 0 aliphatic carbocycles. The van der Waals surface area contributed by atoms with Crippen LogP contribution in [0.25, 0.3) is 0 Å². The number of methoxy groups -OCH3 is 2. The zero-order chi connectivity index (χ0) is 15.7. The van der Waals surface area contributed by atoms with Crippen molar-refractivity contribution in [1.82, 2.24) is 4.72 Å². The van der Waals surface area contributed by atoms with Gasteiger partial charge < -0.3 is 14.2 Å². The summed E-state index contributed by atoms with van der Waals surface area (Å²) in [7, 11) is -0.284. The summed E-state index contributed by atoms with van der Waals surface area (Å²) in [6.07, 6.45) is 0.414. The Labute approximate surface area is 126 Å². The molecule has 1 atom stereocenters. The van der Waals surface area contributed by atoms with Crippen LogP contribution in [-0.4, -0.2) is 41.8 Å². The van der Waals surface area contributed by atoms with E-state index in [0.29, 0.717) is 18.8 Å². The number of ether oxygens (including phenoxy) is 3. The van der Waals surface area contributed by atoms with Crippen LogP contribution >= 0.6 is 0 Å². The summed E-state index contributed by atoms with van der Waals surface area (Å²) in [4.78, 5) is 0. The highest BCUT2D eigenvalue weighted by Crippen LogP contribution is 2.24. The van der Waals surface area contributed by atoms with Crippen molar-refractivity contribution in [2.45, 2.75) is 19.4 Å². The zero-order valence-corrected chi connectivity index (χ0v) is 13.5. The van der Waals surface area contributed by atoms with Crippen molar-refractivity contribution in [3.8, 4) is 5.75 Å². The molecule has 120 valence electrons. The molecule has 0 aliphatic rings. The minimum absolute atomic E-state index is 0.0101. The molecule has 0 radical (unpaired) electrons. The van der Waals surface area contributed by atoms with E-state index in [1.807, 2.05) is 18.2 Å². The van der Waals surface area contributed by atoms with Crippen LogP contribution in [0, 0.1) is 0 Å². The lowest BCUT2D eigenvalue weighted by molar-refractivity contribution is -0.0298. The number of hydrogen-bond acceptors (Lipinski definition) is 5. The van der Waals surface area contributed by atoms with Gasteiger partial charge in [-0.05, 0) is 19.4 Å². The molecule has 6 nitrogen and oxygen atoms in total. The summed E-state index contributed by atoms with van der Waals surface area (Å²) in [5, 5.41) is 0. The predicted molar refractivity (Wildman–Crippen MR) is 80.8 cm³/mol. The van der Waals surface area contributed by atoms with E-state index in [-0.39, 0.29) is 18.6 Å². The second-order valence-electron chi connectivity index (χ2n) is 4.57. The fraction of sp³-hybridized carbons (Fsp3) is 0.571. The maximum absolute atomic E-state index is 12.0. The summed E-state index contributed by atoms with van der Waals surface area (Å²) >= 11 is 0. The van der Waals surface area contributed by atoms with Crippen molar-refractivity contribution in [2.75, 3.05) is 33.4 Å². The highest BCUT2D eigenvalue weighted by Gasteiger charge is 2.18. The first-order valence-corrected chi connectivity index (χ1v) is 8.35. The molecule has 0 saturated heterocycles. The quantitative estimate of drug-likeness (QED) is 0.525. The fourth-order valence-corrected chi connectivity index (χ4v) is 3.19. The molecule has 0 amide bonds. The Morgan fingerprint density at radius 3 is 2.62 bits per heavy atom. The smallest absolute Gasteiger partial charge is 0.212 e. The van der Waals surface area contributed by atoms with E-state index in [2.05, 4.69) is 4.72 Å². The monoisotopic (exact) mass is 317 g/mol. The Kier molecular flexibility index (Phi) is 7.66. The van der Waals surface area contributed by atoms with Gasteiger partial charge in [-0.1, -0.05) is 18.2 Å². The molecule has 1 aromatic rings. The summed E-state index contributed by atoms with van der Waals surface area (Å²) in [5.74, 6) is 0.673. The van der Waals surface area contributed by atoms with E-state index < -0.39 is 10.0 Å². The number of benzene rings is 1. The number of rotatable bonds is 10. The molecule has 0 heterocycles. The number of nitrogens with one attached hydrogen (secondary N) is 1. The minimum atomic E-state index is -3.37. The summed E-state index contributed by atoms with van der Waals surface area (Å²) < 4.78 is 41.7. The van der Waals surface area contributed by atoms with E-state index in [4.69, 9.17) is 14.2 Å². The Morgan fingerprint density at radius 1 is 1.24 bits per heavy atom. The van der Waals surface area contributed by atoms with Crippen LogP contribution in [0.5, 0.6) is 5.75 Å². The van der Waals surface area contributed by atoms with Crippen molar-refractivity contribution in [1.29, 1.82) is 0 Å². The normalized spacial score (nSPS) is 13.1. The predicted octanol–water partition coefficient (Wildman–Crippen LogP) is 1.69. The van der Waals surface area contributed by atoms with Crippen LogP contribution in [0.4, 0.5) is 0 Å². The van der Waals surface area contributed by atoms with Crippen molar-refractivity contribution in [3.05, 3.63) is 29.8 Å². The maximum Gasteiger partial charge on any atom is 0.212 e. The molecule has 0 spiro atoms. The van der Waals surface area contributed by atoms with E-state index in [1.165, 1.54) is 7.11 Å². The molecule has 7 heteroatoms. The van der Waals surface area contributed by atoms with Gasteiger partial charge in [-0.25, -0.2) is 13.1 Å². The minimum Gasteiger partial charge on any atom is -0.496 e. The van der Waals surface area contributed by atoms with E-state index in [1.54, 1.807) is 20.1 Å². The Balaban J connectivity index is 2.54. The lowest BCUT2D eigenvalue weighted by atomic mass is 10.1. The van der Waals surface area contributed by atoms with Gasteiger partial charge >= 0.3 is 0 Å². The molecule has 1 aromatic carbocycles. The van der Waals surface area contributed by atoms with Crippen LogP contribution in [0.15, 0.2) is 24.3 Å². The van der Waals surface area contributed by atoms with Gasteiger partial charge in [-0.15, -0.1) is 0 Å². The van der Waals surface area contributed by atoms with Crippen molar-refractivity contribution >= 4 is 10.0 Å². The second kappa shape index (κ2) is 8.99. The van der Waals surface area contributed by atoms with E-state index in [9.17, 15) is 8.42 Å². The van der Waals surface area contributed by atoms with Crippen LogP contribution in [0.2, 0.25) is 0 Å². The molecular weight excluding hydrogens is 294 g/mol. The summed E-state index contributed by atoms with van der Waals surface area (Å²) in [6.45, 7) is 2.31. The van der Waals surface area contributed by atoms with Gasteiger partial charge in [0, 0.05) is 18.7 Å². The van der Waals surface area contributed by atoms with Crippen LogP contribution in [0.1, 0.15) is 24.9 Å². The number of para-hydroxylation sites is 1. The lowest BCUT2D eigenvalue weighted by Gasteiger charge is -2.17. The van der Waals surface area contributed by atoms with Crippen molar-refractivity contribution in [2.24, 2.45) is 0 Å². The topological polar surface area (TPSA) is 73.9 Å². The van der Waals surface area contributed by atoms with Gasteiger partial charge in [0.15, 0.2) is 0 Å². The molecule has 1 N–H and O–H groups in total. The fourth-order valence-electron chi connectivity index (χ4n) is 1.91. The molecule has 0 bridgehead atoms. The van der Waals surface area contributed by atoms with E-state index >= 15 is 0 Å². The third-order valence-corrected chi connectivity index (χ3v) is 4.40.